The van der Waals surface area contributed by atoms with Gasteiger partial charge in [-0.1, -0.05) is 35.9 Å². The minimum atomic E-state index is -0.207. The van der Waals surface area contributed by atoms with Gasteiger partial charge in [-0.15, -0.1) is 0 Å². The summed E-state index contributed by atoms with van der Waals surface area (Å²) >= 11 is 6.45. The third kappa shape index (κ3) is 3.55. The highest BCUT2D eigenvalue weighted by atomic mass is 35.5. The van der Waals surface area contributed by atoms with Gasteiger partial charge in [0.1, 0.15) is 5.75 Å². The van der Waals surface area contributed by atoms with Crippen LogP contribution < -0.4 is 10.1 Å². The van der Waals surface area contributed by atoms with E-state index in [0.717, 1.165) is 22.0 Å². The number of nitrogens with zero attached hydrogens (tertiary/aromatic N) is 1. The molecule has 4 rings (SSSR count). The number of methoxy groups -OCH3 is 1. The van der Waals surface area contributed by atoms with Crippen molar-refractivity contribution in [1.82, 2.24) is 4.98 Å². The second-order valence-corrected chi connectivity index (χ2v) is 6.67. The van der Waals surface area contributed by atoms with Crippen LogP contribution in [0.3, 0.4) is 0 Å². The first-order valence-electron chi connectivity index (χ1n) is 8.75. The Hall–Kier alpha value is -3.37. The molecule has 0 atom stereocenters. The van der Waals surface area contributed by atoms with Gasteiger partial charge in [0.25, 0.3) is 5.91 Å². The summed E-state index contributed by atoms with van der Waals surface area (Å²) in [4.78, 5) is 17.1. The van der Waals surface area contributed by atoms with Gasteiger partial charge in [-0.25, -0.2) is 0 Å². The highest BCUT2D eigenvalue weighted by molar-refractivity contribution is 6.33. The van der Waals surface area contributed by atoms with E-state index in [0.29, 0.717) is 22.0 Å². The number of hydrogen-bond acceptors (Lipinski definition) is 3. The van der Waals surface area contributed by atoms with Crippen LogP contribution in [0.4, 0.5) is 5.69 Å². The highest BCUT2D eigenvalue weighted by Gasteiger charge is 2.12. The zero-order valence-electron chi connectivity index (χ0n) is 15.1. The maximum absolute atomic E-state index is 12.6. The largest absolute Gasteiger partial charge is 0.497 e. The molecule has 0 aliphatic rings. The maximum Gasteiger partial charge on any atom is 0.255 e. The maximum atomic E-state index is 12.6. The SMILES string of the molecule is COc1ccc(C(=O)Nc2ccc(Cl)c(-c3nccc4ccccc34)c2)cc1. The van der Waals surface area contributed by atoms with Crippen molar-refractivity contribution in [3.05, 3.63) is 89.6 Å². The number of carbonyl (C=O) groups excluding carboxylic acids is 1. The van der Waals surface area contributed by atoms with E-state index >= 15 is 0 Å². The third-order valence-corrected chi connectivity index (χ3v) is 4.83. The molecule has 1 heterocycles. The summed E-state index contributed by atoms with van der Waals surface area (Å²) in [5, 5.41) is 5.58. The molecular weight excluding hydrogens is 372 g/mol. The lowest BCUT2D eigenvalue weighted by Crippen LogP contribution is -2.11. The van der Waals surface area contributed by atoms with Crippen LogP contribution in [0.15, 0.2) is 79.0 Å². The third-order valence-electron chi connectivity index (χ3n) is 4.51. The zero-order chi connectivity index (χ0) is 19.5. The van der Waals surface area contributed by atoms with Gasteiger partial charge < -0.3 is 10.1 Å². The fourth-order valence-corrected chi connectivity index (χ4v) is 3.27. The Morgan fingerprint density at radius 2 is 1.79 bits per heavy atom. The average Bonchev–Trinajstić information content (AvgIpc) is 2.75. The standard InChI is InChI=1S/C23H17ClN2O2/c1-28-18-9-6-16(7-10-18)23(27)26-17-8-11-21(24)20(14-17)22-19-5-3-2-4-15(19)12-13-25-22/h2-14H,1H3,(H,26,27). The van der Waals surface area contributed by atoms with Crippen molar-refractivity contribution in [1.29, 1.82) is 0 Å². The normalized spacial score (nSPS) is 10.6. The van der Waals surface area contributed by atoms with E-state index in [1.165, 1.54) is 0 Å². The molecule has 28 heavy (non-hydrogen) atoms. The molecule has 0 aliphatic carbocycles. The van der Waals surface area contributed by atoms with Crippen LogP contribution in [-0.4, -0.2) is 18.0 Å². The van der Waals surface area contributed by atoms with Crippen LogP contribution in [0.1, 0.15) is 10.4 Å². The Morgan fingerprint density at radius 3 is 2.57 bits per heavy atom. The number of fused-ring (bicyclic) bond motifs is 1. The van der Waals surface area contributed by atoms with E-state index in [1.807, 2.05) is 36.4 Å². The number of benzene rings is 3. The second kappa shape index (κ2) is 7.71. The van der Waals surface area contributed by atoms with Gasteiger partial charge >= 0.3 is 0 Å². The fourth-order valence-electron chi connectivity index (χ4n) is 3.06. The van der Waals surface area contributed by atoms with Gasteiger partial charge in [-0.05, 0) is 53.9 Å². The predicted molar refractivity (Wildman–Crippen MR) is 113 cm³/mol. The summed E-state index contributed by atoms with van der Waals surface area (Å²) in [5.41, 5.74) is 2.74. The topological polar surface area (TPSA) is 51.2 Å². The Bertz CT molecular complexity index is 1150. The van der Waals surface area contributed by atoms with Crippen molar-refractivity contribution in [3.63, 3.8) is 0 Å². The Labute approximate surface area is 167 Å². The van der Waals surface area contributed by atoms with Crippen molar-refractivity contribution in [2.24, 2.45) is 0 Å². The molecule has 4 aromatic rings. The zero-order valence-corrected chi connectivity index (χ0v) is 15.9. The van der Waals surface area contributed by atoms with Crippen LogP contribution in [-0.2, 0) is 0 Å². The smallest absolute Gasteiger partial charge is 0.255 e. The Balaban J connectivity index is 1.68. The number of amides is 1. The highest BCUT2D eigenvalue weighted by Crippen LogP contribution is 2.33. The minimum absolute atomic E-state index is 0.207. The number of pyridine rings is 1. The number of ether oxygens (including phenoxy) is 1. The number of halogens is 1. The molecule has 0 aliphatic heterocycles. The van der Waals surface area contributed by atoms with E-state index in [-0.39, 0.29) is 5.91 Å². The summed E-state index contributed by atoms with van der Waals surface area (Å²) < 4.78 is 5.13. The van der Waals surface area contributed by atoms with Crippen LogP contribution in [0.2, 0.25) is 5.02 Å². The van der Waals surface area contributed by atoms with Crippen LogP contribution in [0.5, 0.6) is 5.75 Å². The molecule has 0 bridgehead atoms. The quantitative estimate of drug-likeness (QED) is 0.479. The van der Waals surface area contributed by atoms with E-state index < -0.39 is 0 Å². The van der Waals surface area contributed by atoms with Gasteiger partial charge in [-0.2, -0.15) is 0 Å². The predicted octanol–water partition coefficient (Wildman–Crippen LogP) is 5.82. The lowest BCUT2D eigenvalue weighted by molar-refractivity contribution is 0.102. The van der Waals surface area contributed by atoms with Crippen molar-refractivity contribution < 1.29 is 9.53 Å². The Kier molecular flexibility index (Phi) is 4.96. The van der Waals surface area contributed by atoms with Crippen LogP contribution in [0.25, 0.3) is 22.0 Å². The first-order chi connectivity index (χ1) is 13.7. The van der Waals surface area contributed by atoms with Gasteiger partial charge in [0.05, 0.1) is 17.8 Å². The molecule has 4 nitrogen and oxygen atoms in total. The molecule has 0 saturated heterocycles. The number of rotatable bonds is 4. The molecule has 1 aromatic heterocycles. The molecular formula is C23H17ClN2O2. The molecule has 5 heteroatoms. The van der Waals surface area contributed by atoms with Gasteiger partial charge in [0.15, 0.2) is 0 Å². The van der Waals surface area contributed by atoms with E-state index in [2.05, 4.69) is 10.3 Å². The molecule has 0 unspecified atom stereocenters. The summed E-state index contributed by atoms with van der Waals surface area (Å²) in [5.74, 6) is 0.495. The molecule has 1 amide bonds. The lowest BCUT2D eigenvalue weighted by Gasteiger charge is -2.11. The first-order valence-corrected chi connectivity index (χ1v) is 9.12. The number of carbonyl (C=O) groups is 1. The molecule has 0 spiro atoms. The first kappa shape index (κ1) is 18.0. The summed E-state index contributed by atoms with van der Waals surface area (Å²) in [6.07, 6.45) is 1.76. The monoisotopic (exact) mass is 388 g/mol. The number of nitrogens with one attached hydrogen (secondary N) is 1. The Morgan fingerprint density at radius 1 is 1.00 bits per heavy atom. The molecule has 138 valence electrons. The van der Waals surface area contributed by atoms with Crippen molar-refractivity contribution in [2.45, 2.75) is 0 Å². The number of hydrogen-bond donors (Lipinski definition) is 1. The van der Waals surface area contributed by atoms with Crippen LogP contribution >= 0.6 is 11.6 Å². The minimum Gasteiger partial charge on any atom is -0.497 e. The van der Waals surface area contributed by atoms with E-state index in [9.17, 15) is 4.79 Å². The van der Waals surface area contributed by atoms with Gasteiger partial charge in [-0.3, -0.25) is 9.78 Å². The van der Waals surface area contributed by atoms with Crippen LogP contribution in [0, 0.1) is 0 Å². The fraction of sp³-hybridized carbons (Fsp3) is 0.0435. The van der Waals surface area contributed by atoms with E-state index in [4.69, 9.17) is 16.3 Å². The summed E-state index contributed by atoms with van der Waals surface area (Å²) in [7, 11) is 1.59. The van der Waals surface area contributed by atoms with Crippen molar-refractivity contribution >= 4 is 34.0 Å². The molecule has 0 radical (unpaired) electrons. The second-order valence-electron chi connectivity index (χ2n) is 6.26. The molecule has 0 fully saturated rings. The average molecular weight is 389 g/mol. The lowest BCUT2D eigenvalue weighted by atomic mass is 10.0. The van der Waals surface area contributed by atoms with Gasteiger partial charge in [0, 0.05) is 28.4 Å². The number of aromatic nitrogens is 1. The number of anilines is 1. The molecule has 3 aromatic carbocycles. The summed E-state index contributed by atoms with van der Waals surface area (Å²) in [6, 6.07) is 22.3. The molecule has 1 N–H and O–H groups in total. The van der Waals surface area contributed by atoms with Crippen molar-refractivity contribution in [3.8, 4) is 17.0 Å². The van der Waals surface area contributed by atoms with Gasteiger partial charge in [0.2, 0.25) is 0 Å². The van der Waals surface area contributed by atoms with E-state index in [1.54, 1.807) is 49.7 Å². The molecule has 0 saturated carbocycles. The summed E-state index contributed by atoms with van der Waals surface area (Å²) in [6.45, 7) is 0. The van der Waals surface area contributed by atoms with Crippen molar-refractivity contribution in [2.75, 3.05) is 12.4 Å².